The molecule has 0 bridgehead atoms. The Morgan fingerprint density at radius 2 is 1.94 bits per heavy atom. The average molecular weight is 223 g/mol. The fourth-order valence-corrected chi connectivity index (χ4v) is 2.08. The molecule has 1 saturated heterocycles. The quantitative estimate of drug-likeness (QED) is 0.655. The summed E-state index contributed by atoms with van der Waals surface area (Å²) in [6, 6.07) is 0. The molecule has 0 spiro atoms. The van der Waals surface area contributed by atoms with Crippen LogP contribution in [-0.2, 0) is 9.59 Å². The molecule has 0 aromatic rings. The zero-order valence-corrected chi connectivity index (χ0v) is 9.75. The van der Waals surface area contributed by atoms with Gasteiger partial charge in [-0.3, -0.25) is 9.59 Å². The average Bonchev–Trinajstić information content (AvgIpc) is 2.57. The highest BCUT2D eigenvalue weighted by molar-refractivity contribution is 6.02. The normalized spacial score (nSPS) is 22.0. The summed E-state index contributed by atoms with van der Waals surface area (Å²) in [7, 11) is 1.72. The Morgan fingerprint density at radius 3 is 2.44 bits per heavy atom. The highest BCUT2D eigenvalue weighted by Gasteiger charge is 2.31. The molecule has 0 atom stereocenters. The third-order valence-corrected chi connectivity index (χ3v) is 3.30. The van der Waals surface area contributed by atoms with Crippen molar-refractivity contribution in [2.75, 3.05) is 33.2 Å². The lowest BCUT2D eigenvalue weighted by molar-refractivity contribution is -0.129. The van der Waals surface area contributed by atoms with E-state index in [9.17, 15) is 9.59 Å². The van der Waals surface area contributed by atoms with E-state index in [1.165, 1.54) is 0 Å². The van der Waals surface area contributed by atoms with Gasteiger partial charge in [0.1, 0.15) is 0 Å². The number of rotatable bonds is 1. The van der Waals surface area contributed by atoms with Crippen molar-refractivity contribution in [3.63, 3.8) is 0 Å². The molecule has 1 fully saturated rings. The summed E-state index contributed by atoms with van der Waals surface area (Å²) < 4.78 is 0. The monoisotopic (exact) mass is 223 g/mol. The molecule has 0 saturated carbocycles. The van der Waals surface area contributed by atoms with Crippen LogP contribution in [0.5, 0.6) is 0 Å². The number of amides is 2. The Kier molecular flexibility index (Phi) is 2.96. The first-order chi connectivity index (χ1) is 7.61. The van der Waals surface area contributed by atoms with Gasteiger partial charge in [0, 0.05) is 44.5 Å². The predicted molar refractivity (Wildman–Crippen MR) is 59.5 cm³/mol. The Balaban J connectivity index is 2.12. The van der Waals surface area contributed by atoms with Gasteiger partial charge in [-0.05, 0) is 6.92 Å². The van der Waals surface area contributed by atoms with Crippen molar-refractivity contribution < 1.29 is 9.59 Å². The number of allylic oxidation sites excluding steroid dienone is 1. The molecule has 2 aliphatic rings. The van der Waals surface area contributed by atoms with Gasteiger partial charge in [0.2, 0.25) is 5.91 Å². The lowest BCUT2D eigenvalue weighted by Gasteiger charge is -2.27. The molecule has 2 heterocycles. The summed E-state index contributed by atoms with van der Waals surface area (Å²) in [4.78, 5) is 27.0. The minimum absolute atomic E-state index is 0.0102. The number of carbonyl (C=O) groups is 2. The van der Waals surface area contributed by atoms with Crippen LogP contribution in [0.4, 0.5) is 0 Å². The topological polar surface area (TPSA) is 52.7 Å². The van der Waals surface area contributed by atoms with Crippen LogP contribution in [0.3, 0.4) is 0 Å². The maximum atomic E-state index is 12.2. The van der Waals surface area contributed by atoms with Crippen LogP contribution < -0.4 is 5.32 Å². The molecule has 5 nitrogen and oxygen atoms in total. The van der Waals surface area contributed by atoms with Gasteiger partial charge < -0.3 is 15.1 Å². The van der Waals surface area contributed by atoms with Crippen LogP contribution in [-0.4, -0.2) is 54.8 Å². The molecule has 1 N–H and O–H groups in total. The van der Waals surface area contributed by atoms with E-state index in [1.54, 1.807) is 11.9 Å². The molecule has 0 unspecified atom stereocenters. The van der Waals surface area contributed by atoms with Crippen LogP contribution in [0, 0.1) is 0 Å². The molecule has 0 radical (unpaired) electrons. The van der Waals surface area contributed by atoms with Crippen molar-refractivity contribution in [3.05, 3.63) is 11.3 Å². The first-order valence-corrected chi connectivity index (χ1v) is 5.57. The van der Waals surface area contributed by atoms with Crippen molar-refractivity contribution in [3.8, 4) is 0 Å². The highest BCUT2D eigenvalue weighted by atomic mass is 16.2. The lowest BCUT2D eigenvalue weighted by Crippen LogP contribution is -2.46. The molecule has 2 aliphatic heterocycles. The number of carbonyl (C=O) groups excluding carboxylic acids is 2. The largest absolute Gasteiger partial charge is 0.336 e. The number of nitrogens with one attached hydrogen (secondary N) is 1. The molecule has 2 amide bonds. The Morgan fingerprint density at radius 1 is 1.31 bits per heavy atom. The summed E-state index contributed by atoms with van der Waals surface area (Å²) in [6.07, 6.45) is 0.255. The van der Waals surface area contributed by atoms with Crippen molar-refractivity contribution in [1.82, 2.24) is 15.1 Å². The molecule has 0 aromatic carbocycles. The van der Waals surface area contributed by atoms with Crippen molar-refractivity contribution >= 4 is 11.8 Å². The molecule has 0 aromatic heterocycles. The Labute approximate surface area is 95.1 Å². The van der Waals surface area contributed by atoms with E-state index in [0.29, 0.717) is 5.57 Å². The number of hydrogen-bond acceptors (Lipinski definition) is 3. The number of hydrogen-bond donors (Lipinski definition) is 1. The number of nitrogens with zero attached hydrogens (tertiary/aromatic N) is 2. The third-order valence-electron chi connectivity index (χ3n) is 3.30. The fourth-order valence-electron chi connectivity index (χ4n) is 2.08. The third kappa shape index (κ3) is 1.82. The van der Waals surface area contributed by atoms with E-state index in [2.05, 4.69) is 5.32 Å². The zero-order chi connectivity index (χ0) is 11.7. The van der Waals surface area contributed by atoms with Gasteiger partial charge in [-0.15, -0.1) is 0 Å². The van der Waals surface area contributed by atoms with E-state index in [-0.39, 0.29) is 18.2 Å². The van der Waals surface area contributed by atoms with Gasteiger partial charge in [0.05, 0.1) is 6.42 Å². The van der Waals surface area contributed by atoms with Crippen molar-refractivity contribution in [2.24, 2.45) is 0 Å². The standard InChI is InChI=1S/C11H17N3O2/c1-8-9(7-10(15)13(8)2)11(16)14-5-3-12-4-6-14/h12H,3-7H2,1-2H3. The smallest absolute Gasteiger partial charge is 0.252 e. The summed E-state index contributed by atoms with van der Waals surface area (Å²) in [5.41, 5.74) is 1.46. The van der Waals surface area contributed by atoms with Gasteiger partial charge in [0.25, 0.3) is 5.91 Å². The van der Waals surface area contributed by atoms with Crippen LogP contribution in [0.25, 0.3) is 0 Å². The van der Waals surface area contributed by atoms with Gasteiger partial charge in [0.15, 0.2) is 0 Å². The highest BCUT2D eigenvalue weighted by Crippen LogP contribution is 2.23. The Bertz CT molecular complexity index is 356. The van der Waals surface area contributed by atoms with Crippen LogP contribution in [0.15, 0.2) is 11.3 Å². The van der Waals surface area contributed by atoms with E-state index in [4.69, 9.17) is 0 Å². The van der Waals surface area contributed by atoms with Gasteiger partial charge in [-0.1, -0.05) is 0 Å². The second-order valence-electron chi connectivity index (χ2n) is 4.24. The Hall–Kier alpha value is -1.36. The van der Waals surface area contributed by atoms with Crippen LogP contribution >= 0.6 is 0 Å². The van der Waals surface area contributed by atoms with E-state index in [0.717, 1.165) is 31.9 Å². The molecule has 88 valence electrons. The summed E-state index contributed by atoms with van der Waals surface area (Å²) in [5.74, 6) is 0.0349. The van der Waals surface area contributed by atoms with Gasteiger partial charge in [-0.25, -0.2) is 0 Å². The molecule has 2 rings (SSSR count). The van der Waals surface area contributed by atoms with Crippen LogP contribution in [0.2, 0.25) is 0 Å². The van der Waals surface area contributed by atoms with E-state index >= 15 is 0 Å². The minimum Gasteiger partial charge on any atom is -0.336 e. The molecular formula is C11H17N3O2. The maximum absolute atomic E-state index is 12.2. The molecular weight excluding hydrogens is 206 g/mol. The lowest BCUT2D eigenvalue weighted by atomic mass is 10.1. The second kappa shape index (κ2) is 4.25. The first kappa shape index (κ1) is 11.1. The predicted octanol–water partition coefficient (Wildman–Crippen LogP) is -0.446. The molecule has 5 heteroatoms. The van der Waals surface area contributed by atoms with E-state index < -0.39 is 0 Å². The summed E-state index contributed by atoms with van der Waals surface area (Å²) in [5, 5.41) is 3.20. The second-order valence-corrected chi connectivity index (χ2v) is 4.24. The summed E-state index contributed by atoms with van der Waals surface area (Å²) in [6.45, 7) is 4.96. The van der Waals surface area contributed by atoms with Crippen molar-refractivity contribution in [1.29, 1.82) is 0 Å². The van der Waals surface area contributed by atoms with Gasteiger partial charge >= 0.3 is 0 Å². The molecule has 16 heavy (non-hydrogen) atoms. The maximum Gasteiger partial charge on any atom is 0.252 e. The van der Waals surface area contributed by atoms with Crippen molar-refractivity contribution in [2.45, 2.75) is 13.3 Å². The van der Waals surface area contributed by atoms with Gasteiger partial charge in [-0.2, -0.15) is 0 Å². The van der Waals surface area contributed by atoms with E-state index in [1.807, 2.05) is 11.8 Å². The summed E-state index contributed by atoms with van der Waals surface area (Å²) >= 11 is 0. The van der Waals surface area contributed by atoms with Crippen LogP contribution in [0.1, 0.15) is 13.3 Å². The molecule has 0 aliphatic carbocycles. The SMILES string of the molecule is CC1=C(C(=O)N2CCNCC2)CC(=O)N1C. The minimum atomic E-state index is 0.0102. The fraction of sp³-hybridized carbons (Fsp3) is 0.636. The first-order valence-electron chi connectivity index (χ1n) is 5.57. The number of piperazine rings is 1. The zero-order valence-electron chi connectivity index (χ0n) is 9.75.